The van der Waals surface area contributed by atoms with E-state index in [0.717, 1.165) is 0 Å². The smallest absolute Gasteiger partial charge is 0.338 e. The summed E-state index contributed by atoms with van der Waals surface area (Å²) in [5.74, 6) is -0.571. The third-order valence-electron chi connectivity index (χ3n) is 2.93. The summed E-state index contributed by atoms with van der Waals surface area (Å²) in [7, 11) is 0. The number of ether oxygens (including phenoxy) is 1. The number of halogens is 2. The predicted octanol–water partition coefficient (Wildman–Crippen LogP) is 4.75. The average Bonchev–Trinajstić information content (AvgIpc) is 2.47. The molecule has 0 aromatic heterocycles. The fourth-order valence-electron chi connectivity index (χ4n) is 1.96. The molecule has 0 aliphatic rings. The van der Waals surface area contributed by atoms with Crippen molar-refractivity contribution < 1.29 is 14.5 Å². The molecule has 0 aliphatic heterocycles. The zero-order chi connectivity index (χ0) is 16.3. The Kier molecular flexibility index (Phi) is 5.00. The standard InChI is InChI=1S/C15H11Cl2NO4/c1-2-22-15(19)12-6-4-10(18(20)21)8-13(12)11-5-3-9(16)7-14(11)17/h3-8H,2H2,1H3. The molecule has 0 amide bonds. The molecule has 114 valence electrons. The van der Waals surface area contributed by atoms with Crippen LogP contribution in [0.5, 0.6) is 0 Å². The second-order valence-corrected chi connectivity index (χ2v) is 5.18. The number of carbonyl (C=O) groups is 1. The molecule has 0 radical (unpaired) electrons. The molecule has 0 saturated carbocycles. The zero-order valence-electron chi connectivity index (χ0n) is 11.5. The highest BCUT2D eigenvalue weighted by molar-refractivity contribution is 6.36. The van der Waals surface area contributed by atoms with Crippen LogP contribution in [0.1, 0.15) is 17.3 Å². The van der Waals surface area contributed by atoms with Crippen LogP contribution in [0.25, 0.3) is 11.1 Å². The number of esters is 1. The van der Waals surface area contributed by atoms with E-state index in [2.05, 4.69) is 0 Å². The quantitative estimate of drug-likeness (QED) is 0.458. The van der Waals surface area contributed by atoms with E-state index in [9.17, 15) is 14.9 Å². The SMILES string of the molecule is CCOC(=O)c1ccc([N+](=O)[O-])cc1-c1ccc(Cl)cc1Cl. The lowest BCUT2D eigenvalue weighted by atomic mass is 9.99. The molecule has 0 heterocycles. The number of hydrogen-bond donors (Lipinski definition) is 0. The molecule has 0 saturated heterocycles. The molecule has 0 bridgehead atoms. The third kappa shape index (κ3) is 3.37. The number of nitrogens with zero attached hydrogens (tertiary/aromatic N) is 1. The second-order valence-electron chi connectivity index (χ2n) is 4.33. The molecular formula is C15H11Cl2NO4. The lowest BCUT2D eigenvalue weighted by Gasteiger charge is -2.11. The summed E-state index contributed by atoms with van der Waals surface area (Å²) in [6, 6.07) is 8.60. The highest BCUT2D eigenvalue weighted by Crippen LogP contribution is 2.35. The number of hydrogen-bond acceptors (Lipinski definition) is 4. The summed E-state index contributed by atoms with van der Waals surface area (Å²) < 4.78 is 4.98. The van der Waals surface area contributed by atoms with Gasteiger partial charge in [-0.1, -0.05) is 29.3 Å². The lowest BCUT2D eigenvalue weighted by Crippen LogP contribution is -2.07. The van der Waals surface area contributed by atoms with Gasteiger partial charge in [-0.05, 0) is 25.1 Å². The first-order valence-corrected chi connectivity index (χ1v) is 7.10. The fourth-order valence-corrected chi connectivity index (χ4v) is 2.47. The van der Waals surface area contributed by atoms with Crippen LogP contribution in [0.3, 0.4) is 0 Å². The maximum atomic E-state index is 12.0. The molecule has 0 aliphatic carbocycles. The molecule has 0 spiro atoms. The minimum atomic E-state index is -0.571. The summed E-state index contributed by atoms with van der Waals surface area (Å²) in [4.78, 5) is 22.5. The van der Waals surface area contributed by atoms with Gasteiger partial charge in [0.2, 0.25) is 0 Å². The van der Waals surface area contributed by atoms with Crippen LogP contribution < -0.4 is 0 Å². The van der Waals surface area contributed by atoms with Crippen LogP contribution in [0.2, 0.25) is 10.0 Å². The zero-order valence-corrected chi connectivity index (χ0v) is 13.0. The van der Waals surface area contributed by atoms with E-state index in [1.165, 1.54) is 24.3 Å². The molecule has 7 heteroatoms. The molecular weight excluding hydrogens is 329 g/mol. The van der Waals surface area contributed by atoms with Crippen molar-refractivity contribution in [2.75, 3.05) is 6.61 Å². The fraction of sp³-hybridized carbons (Fsp3) is 0.133. The number of nitro benzene ring substituents is 1. The lowest BCUT2D eigenvalue weighted by molar-refractivity contribution is -0.384. The highest BCUT2D eigenvalue weighted by Gasteiger charge is 2.19. The number of nitro groups is 1. The summed E-state index contributed by atoms with van der Waals surface area (Å²) in [6.07, 6.45) is 0. The van der Waals surface area contributed by atoms with Gasteiger partial charge in [0.1, 0.15) is 0 Å². The molecule has 5 nitrogen and oxygen atoms in total. The van der Waals surface area contributed by atoms with Gasteiger partial charge in [0.25, 0.3) is 5.69 Å². The number of non-ortho nitro benzene ring substituents is 1. The van der Waals surface area contributed by atoms with Crippen LogP contribution in [0.4, 0.5) is 5.69 Å². The molecule has 0 unspecified atom stereocenters. The summed E-state index contributed by atoms with van der Waals surface area (Å²) >= 11 is 12.0. The Morgan fingerprint density at radius 1 is 1.18 bits per heavy atom. The second kappa shape index (κ2) is 6.77. The van der Waals surface area contributed by atoms with Crippen LogP contribution in [0.15, 0.2) is 36.4 Å². The van der Waals surface area contributed by atoms with Gasteiger partial charge in [-0.15, -0.1) is 0 Å². The molecule has 0 N–H and O–H groups in total. The van der Waals surface area contributed by atoms with E-state index >= 15 is 0 Å². The average molecular weight is 340 g/mol. The summed E-state index contributed by atoms with van der Waals surface area (Å²) in [6.45, 7) is 1.88. The van der Waals surface area contributed by atoms with E-state index < -0.39 is 10.9 Å². The predicted molar refractivity (Wildman–Crippen MR) is 84.5 cm³/mol. The molecule has 2 aromatic rings. The first-order chi connectivity index (χ1) is 10.4. The third-order valence-corrected chi connectivity index (χ3v) is 3.48. The van der Waals surface area contributed by atoms with Gasteiger partial charge in [-0.2, -0.15) is 0 Å². The Balaban J connectivity index is 2.66. The minimum absolute atomic E-state index is 0.144. The maximum absolute atomic E-state index is 12.0. The number of benzene rings is 2. The Hall–Kier alpha value is -2.11. The first-order valence-electron chi connectivity index (χ1n) is 6.35. The van der Waals surface area contributed by atoms with Crippen LogP contribution in [0, 0.1) is 10.1 Å². The van der Waals surface area contributed by atoms with Gasteiger partial charge in [-0.25, -0.2) is 4.79 Å². The number of rotatable bonds is 4. The van der Waals surface area contributed by atoms with Crippen molar-refractivity contribution in [1.82, 2.24) is 0 Å². The molecule has 0 atom stereocenters. The number of carbonyl (C=O) groups excluding carboxylic acids is 1. The van der Waals surface area contributed by atoms with Crippen LogP contribution in [-0.2, 0) is 4.74 Å². The van der Waals surface area contributed by atoms with Crippen molar-refractivity contribution in [2.45, 2.75) is 6.92 Å². The van der Waals surface area contributed by atoms with Crippen LogP contribution in [-0.4, -0.2) is 17.5 Å². The first kappa shape index (κ1) is 16.3. The monoisotopic (exact) mass is 339 g/mol. The topological polar surface area (TPSA) is 69.4 Å². The summed E-state index contributed by atoms with van der Waals surface area (Å²) in [5, 5.41) is 11.7. The van der Waals surface area contributed by atoms with Crippen molar-refractivity contribution in [3.05, 3.63) is 62.1 Å². The van der Waals surface area contributed by atoms with Gasteiger partial charge < -0.3 is 4.74 Å². The molecule has 2 aromatic carbocycles. The van der Waals surface area contributed by atoms with Crippen molar-refractivity contribution in [3.8, 4) is 11.1 Å². The van der Waals surface area contributed by atoms with Crippen molar-refractivity contribution >= 4 is 34.9 Å². The van der Waals surface area contributed by atoms with Gasteiger partial charge in [0.15, 0.2) is 0 Å². The van der Waals surface area contributed by atoms with Gasteiger partial charge in [0.05, 0.1) is 17.1 Å². The Morgan fingerprint density at radius 3 is 2.50 bits per heavy atom. The Labute approximate surface area is 136 Å². The van der Waals surface area contributed by atoms with Gasteiger partial charge in [0, 0.05) is 33.3 Å². The molecule has 2 rings (SSSR count). The van der Waals surface area contributed by atoms with Crippen molar-refractivity contribution in [1.29, 1.82) is 0 Å². The van der Waals surface area contributed by atoms with E-state index in [1.54, 1.807) is 19.1 Å². The van der Waals surface area contributed by atoms with E-state index in [0.29, 0.717) is 21.2 Å². The van der Waals surface area contributed by atoms with E-state index in [1.807, 2.05) is 0 Å². The minimum Gasteiger partial charge on any atom is -0.462 e. The largest absolute Gasteiger partial charge is 0.462 e. The van der Waals surface area contributed by atoms with E-state index in [4.69, 9.17) is 27.9 Å². The molecule has 22 heavy (non-hydrogen) atoms. The van der Waals surface area contributed by atoms with Crippen molar-refractivity contribution in [2.24, 2.45) is 0 Å². The highest BCUT2D eigenvalue weighted by atomic mass is 35.5. The molecule has 0 fully saturated rings. The Morgan fingerprint density at radius 2 is 1.91 bits per heavy atom. The van der Waals surface area contributed by atoms with Gasteiger partial charge >= 0.3 is 5.97 Å². The normalized spacial score (nSPS) is 10.3. The van der Waals surface area contributed by atoms with E-state index in [-0.39, 0.29) is 17.9 Å². The van der Waals surface area contributed by atoms with Crippen LogP contribution >= 0.6 is 23.2 Å². The van der Waals surface area contributed by atoms with Crippen molar-refractivity contribution in [3.63, 3.8) is 0 Å². The Bertz CT molecular complexity index is 746. The van der Waals surface area contributed by atoms with Gasteiger partial charge in [-0.3, -0.25) is 10.1 Å². The summed E-state index contributed by atoms with van der Waals surface area (Å²) in [5.41, 5.74) is 0.859. The maximum Gasteiger partial charge on any atom is 0.338 e.